The summed E-state index contributed by atoms with van der Waals surface area (Å²) in [4.78, 5) is 4.55. The molecule has 3 atom stereocenters. The molecule has 0 aliphatic heterocycles. The lowest BCUT2D eigenvalue weighted by atomic mass is 10.0. The quantitative estimate of drug-likeness (QED) is 0.650. The average molecular weight is 337 g/mol. The van der Waals surface area contributed by atoms with E-state index in [2.05, 4.69) is 34.6 Å². The van der Waals surface area contributed by atoms with Crippen molar-refractivity contribution in [2.24, 2.45) is 22.6 Å². The summed E-state index contributed by atoms with van der Waals surface area (Å²) in [6, 6.07) is 14.4. The molecule has 3 N–H and O–H groups in total. The van der Waals surface area contributed by atoms with Crippen LogP contribution in [0, 0.1) is 11.8 Å². The molecule has 25 heavy (non-hydrogen) atoms. The Morgan fingerprint density at radius 1 is 1.16 bits per heavy atom. The highest BCUT2D eigenvalue weighted by Gasteiger charge is 2.54. The molecule has 0 radical (unpaired) electrons. The summed E-state index contributed by atoms with van der Waals surface area (Å²) < 4.78 is 10.5. The van der Waals surface area contributed by atoms with E-state index in [0.29, 0.717) is 29.3 Å². The van der Waals surface area contributed by atoms with Gasteiger partial charge in [0.25, 0.3) is 0 Å². The molecule has 5 heteroatoms. The number of ether oxygens (including phenoxy) is 2. The first-order valence-electron chi connectivity index (χ1n) is 8.58. The molecule has 0 saturated heterocycles. The summed E-state index contributed by atoms with van der Waals surface area (Å²) in [6.07, 6.45) is 1.18. The number of aliphatic imine (C=N–C) groups is 1. The van der Waals surface area contributed by atoms with E-state index < -0.39 is 0 Å². The van der Waals surface area contributed by atoms with Crippen molar-refractivity contribution in [3.63, 3.8) is 0 Å². The van der Waals surface area contributed by atoms with Gasteiger partial charge in [0.05, 0.1) is 14.2 Å². The molecule has 0 aromatic heterocycles. The van der Waals surface area contributed by atoms with Crippen LogP contribution in [0.25, 0.3) is 0 Å². The Morgan fingerprint density at radius 3 is 2.76 bits per heavy atom. The van der Waals surface area contributed by atoms with Gasteiger partial charge in [-0.1, -0.05) is 24.3 Å². The fraction of sp³-hybridized carbons (Fsp3) is 0.350. The predicted octanol–water partition coefficient (Wildman–Crippen LogP) is 3.02. The highest BCUT2D eigenvalue weighted by Crippen LogP contribution is 2.61. The number of nitrogens with one attached hydrogen (secondary N) is 1. The zero-order valence-electron chi connectivity index (χ0n) is 14.5. The van der Waals surface area contributed by atoms with Gasteiger partial charge in [0.15, 0.2) is 17.5 Å². The molecular weight excluding hydrogens is 314 g/mol. The van der Waals surface area contributed by atoms with Crippen LogP contribution in [0.3, 0.4) is 0 Å². The minimum Gasteiger partial charge on any atom is -0.493 e. The van der Waals surface area contributed by atoms with Crippen LogP contribution in [-0.2, 0) is 6.42 Å². The van der Waals surface area contributed by atoms with Crippen molar-refractivity contribution in [3.05, 3.63) is 53.6 Å². The molecule has 1 saturated carbocycles. The van der Waals surface area contributed by atoms with Crippen LogP contribution in [0.4, 0.5) is 5.69 Å². The van der Waals surface area contributed by atoms with Crippen molar-refractivity contribution in [1.29, 1.82) is 0 Å². The topological polar surface area (TPSA) is 68.9 Å². The lowest BCUT2D eigenvalue weighted by Gasteiger charge is -2.11. The molecule has 0 spiro atoms. The number of nitrogens with zero attached hydrogens (tertiary/aromatic N) is 1. The first-order valence-corrected chi connectivity index (χ1v) is 8.58. The number of hydrogen-bond donors (Lipinski definition) is 2. The van der Waals surface area contributed by atoms with Crippen LogP contribution in [0.1, 0.15) is 17.0 Å². The Balaban J connectivity index is 1.38. The summed E-state index contributed by atoms with van der Waals surface area (Å²) in [5, 5.41) is 3.13. The molecule has 0 amide bonds. The van der Waals surface area contributed by atoms with Gasteiger partial charge in [0.1, 0.15) is 0 Å². The first-order chi connectivity index (χ1) is 12.2. The SMILES string of the molecule is COc1ccc(NC(N)=NCC2C3Cc4ccccc4C23)cc1OC. The molecule has 2 aromatic rings. The maximum atomic E-state index is 6.06. The molecule has 3 unspecified atom stereocenters. The number of methoxy groups -OCH3 is 2. The van der Waals surface area contributed by atoms with Crippen molar-refractivity contribution in [1.82, 2.24) is 0 Å². The Kier molecular flexibility index (Phi) is 3.99. The number of guanidine groups is 1. The van der Waals surface area contributed by atoms with Gasteiger partial charge in [0, 0.05) is 18.3 Å². The lowest BCUT2D eigenvalue weighted by molar-refractivity contribution is 0.355. The molecule has 2 aromatic carbocycles. The largest absolute Gasteiger partial charge is 0.493 e. The average Bonchev–Trinajstić information content (AvgIpc) is 3.18. The second kappa shape index (κ2) is 6.31. The van der Waals surface area contributed by atoms with Gasteiger partial charge in [-0.15, -0.1) is 0 Å². The second-order valence-corrected chi connectivity index (χ2v) is 6.68. The standard InChI is InChI=1S/C20H23N3O2/c1-24-17-8-7-13(10-18(17)25-2)23-20(21)22-11-16-15-9-12-5-3-4-6-14(12)19(15)16/h3-8,10,15-16,19H,9,11H2,1-2H3,(H3,21,22,23). The third-order valence-electron chi connectivity index (χ3n) is 5.33. The Morgan fingerprint density at radius 2 is 1.96 bits per heavy atom. The van der Waals surface area contributed by atoms with Gasteiger partial charge < -0.3 is 20.5 Å². The van der Waals surface area contributed by atoms with Crippen LogP contribution in [0.2, 0.25) is 0 Å². The van der Waals surface area contributed by atoms with Crippen LogP contribution in [-0.4, -0.2) is 26.7 Å². The number of anilines is 1. The molecule has 2 aliphatic rings. The zero-order chi connectivity index (χ0) is 17.4. The number of fused-ring (bicyclic) bond motifs is 3. The summed E-state index contributed by atoms with van der Waals surface area (Å²) in [5.41, 5.74) is 9.91. The van der Waals surface area contributed by atoms with Gasteiger partial charge in [-0.05, 0) is 47.4 Å². The Labute approximate surface area is 147 Å². The van der Waals surface area contributed by atoms with Gasteiger partial charge in [-0.2, -0.15) is 0 Å². The minimum absolute atomic E-state index is 0.436. The van der Waals surface area contributed by atoms with E-state index in [1.807, 2.05) is 18.2 Å². The smallest absolute Gasteiger partial charge is 0.193 e. The van der Waals surface area contributed by atoms with Gasteiger partial charge in [0.2, 0.25) is 0 Å². The van der Waals surface area contributed by atoms with Crippen molar-refractivity contribution in [2.75, 3.05) is 26.1 Å². The molecule has 5 nitrogen and oxygen atoms in total. The first kappa shape index (κ1) is 15.8. The van der Waals surface area contributed by atoms with E-state index in [1.54, 1.807) is 14.2 Å². The predicted molar refractivity (Wildman–Crippen MR) is 99.5 cm³/mol. The van der Waals surface area contributed by atoms with Gasteiger partial charge in [-0.25, -0.2) is 0 Å². The van der Waals surface area contributed by atoms with Crippen molar-refractivity contribution in [2.45, 2.75) is 12.3 Å². The highest BCUT2D eigenvalue weighted by molar-refractivity contribution is 5.92. The minimum atomic E-state index is 0.436. The van der Waals surface area contributed by atoms with Crippen LogP contribution in [0.5, 0.6) is 11.5 Å². The van der Waals surface area contributed by atoms with E-state index >= 15 is 0 Å². The van der Waals surface area contributed by atoms with Crippen LogP contribution in [0.15, 0.2) is 47.5 Å². The van der Waals surface area contributed by atoms with E-state index in [-0.39, 0.29) is 0 Å². The molecule has 130 valence electrons. The summed E-state index contributed by atoms with van der Waals surface area (Å²) in [5.74, 6) is 3.83. The monoisotopic (exact) mass is 337 g/mol. The van der Waals surface area contributed by atoms with Gasteiger partial charge in [-0.3, -0.25) is 4.99 Å². The maximum Gasteiger partial charge on any atom is 0.193 e. The molecule has 4 rings (SSSR count). The van der Waals surface area contributed by atoms with E-state index in [1.165, 1.54) is 17.5 Å². The number of hydrogen-bond acceptors (Lipinski definition) is 3. The summed E-state index contributed by atoms with van der Waals surface area (Å²) >= 11 is 0. The zero-order valence-corrected chi connectivity index (χ0v) is 14.5. The third kappa shape index (κ3) is 2.90. The maximum absolute atomic E-state index is 6.06. The number of benzene rings is 2. The molecule has 0 bridgehead atoms. The molecule has 0 heterocycles. The van der Waals surface area contributed by atoms with E-state index in [9.17, 15) is 0 Å². The van der Waals surface area contributed by atoms with Crippen LogP contribution >= 0.6 is 0 Å². The highest BCUT2D eigenvalue weighted by atomic mass is 16.5. The third-order valence-corrected chi connectivity index (χ3v) is 5.33. The number of rotatable bonds is 5. The van der Waals surface area contributed by atoms with Crippen molar-refractivity contribution >= 4 is 11.6 Å². The van der Waals surface area contributed by atoms with Crippen molar-refractivity contribution in [3.8, 4) is 11.5 Å². The number of nitrogens with two attached hydrogens (primary N) is 1. The normalized spacial score (nSPS) is 23.6. The Bertz CT molecular complexity index is 818. The summed E-state index contributed by atoms with van der Waals surface area (Å²) in [7, 11) is 3.23. The fourth-order valence-electron chi connectivity index (χ4n) is 4.04. The van der Waals surface area contributed by atoms with Gasteiger partial charge >= 0.3 is 0 Å². The Hall–Kier alpha value is -2.69. The van der Waals surface area contributed by atoms with E-state index in [0.717, 1.165) is 18.2 Å². The van der Waals surface area contributed by atoms with Crippen molar-refractivity contribution < 1.29 is 9.47 Å². The second-order valence-electron chi connectivity index (χ2n) is 6.68. The molecule has 2 aliphatic carbocycles. The fourth-order valence-corrected chi connectivity index (χ4v) is 4.04. The molecule has 1 fully saturated rings. The lowest BCUT2D eigenvalue weighted by Crippen LogP contribution is -2.23. The molecular formula is C20H23N3O2. The van der Waals surface area contributed by atoms with Crippen LogP contribution < -0.4 is 20.5 Å². The van der Waals surface area contributed by atoms with E-state index in [4.69, 9.17) is 15.2 Å². The summed E-state index contributed by atoms with van der Waals surface area (Å²) in [6.45, 7) is 0.774.